The highest BCUT2D eigenvalue weighted by atomic mass is 32.2. The number of benzene rings is 1. The largest absolute Gasteiger partial charge is 0.394 e. The maximum atomic E-state index is 8.98. The highest BCUT2D eigenvalue weighted by molar-refractivity contribution is 7.98. The Morgan fingerprint density at radius 3 is 2.71 bits per heavy atom. The Hall–Kier alpha value is -0.880. The summed E-state index contributed by atoms with van der Waals surface area (Å²) in [5, 5.41) is 11.7. The van der Waals surface area contributed by atoms with Crippen LogP contribution >= 0.6 is 23.1 Å². The van der Waals surface area contributed by atoms with Crippen molar-refractivity contribution in [3.05, 3.63) is 34.7 Å². The van der Waals surface area contributed by atoms with Crippen molar-refractivity contribution in [3.63, 3.8) is 0 Å². The van der Waals surface area contributed by atoms with Crippen molar-refractivity contribution in [2.24, 2.45) is 5.73 Å². The lowest BCUT2D eigenvalue weighted by Crippen LogP contribution is -2.13. The molecule has 0 aliphatic carbocycles. The summed E-state index contributed by atoms with van der Waals surface area (Å²) in [5.74, 6) is 0. The van der Waals surface area contributed by atoms with E-state index in [0.717, 1.165) is 16.3 Å². The van der Waals surface area contributed by atoms with Crippen LogP contribution in [0.4, 0.5) is 0 Å². The summed E-state index contributed by atoms with van der Waals surface area (Å²) in [4.78, 5) is 5.67. The normalized spacial score (nSPS) is 12.6. The summed E-state index contributed by atoms with van der Waals surface area (Å²) in [6, 6.07) is 7.87. The summed E-state index contributed by atoms with van der Waals surface area (Å²) in [6.45, 7) is -0.0711. The molecule has 2 rings (SSSR count). The third kappa shape index (κ3) is 2.87. The van der Waals surface area contributed by atoms with Crippen molar-refractivity contribution in [2.45, 2.75) is 10.9 Å². The van der Waals surface area contributed by atoms with Crippen molar-refractivity contribution in [1.82, 2.24) is 4.98 Å². The van der Waals surface area contributed by atoms with Gasteiger partial charge in [-0.1, -0.05) is 12.1 Å². The molecule has 1 unspecified atom stereocenters. The van der Waals surface area contributed by atoms with E-state index in [1.165, 1.54) is 16.2 Å². The van der Waals surface area contributed by atoms with Gasteiger partial charge in [0.05, 0.1) is 18.3 Å². The van der Waals surface area contributed by atoms with Gasteiger partial charge in [-0.3, -0.25) is 0 Å². The lowest BCUT2D eigenvalue weighted by molar-refractivity contribution is 0.268. The van der Waals surface area contributed by atoms with Crippen LogP contribution < -0.4 is 5.73 Å². The van der Waals surface area contributed by atoms with Crippen molar-refractivity contribution < 1.29 is 5.11 Å². The first kappa shape index (κ1) is 12.6. The second kappa shape index (κ2) is 5.64. The first-order valence-electron chi connectivity index (χ1n) is 5.21. The highest BCUT2D eigenvalue weighted by Gasteiger charge is 2.10. The van der Waals surface area contributed by atoms with Crippen LogP contribution in [0.25, 0.3) is 11.3 Å². The summed E-state index contributed by atoms with van der Waals surface area (Å²) >= 11 is 3.20. The third-order valence-corrected chi connectivity index (χ3v) is 4.14. The summed E-state index contributed by atoms with van der Waals surface area (Å²) in [5.41, 5.74) is 7.72. The van der Waals surface area contributed by atoms with Gasteiger partial charge in [-0.05, 0) is 18.4 Å². The van der Waals surface area contributed by atoms with Crippen LogP contribution in [0.3, 0.4) is 0 Å². The van der Waals surface area contributed by atoms with Gasteiger partial charge >= 0.3 is 0 Å². The predicted octanol–water partition coefficient (Wildman–Crippen LogP) is 2.52. The van der Waals surface area contributed by atoms with E-state index in [9.17, 15) is 0 Å². The average molecular weight is 266 g/mol. The second-order valence-corrected chi connectivity index (χ2v) is 5.36. The fraction of sp³-hybridized carbons (Fsp3) is 0.250. The number of hydrogen-bond donors (Lipinski definition) is 2. The van der Waals surface area contributed by atoms with E-state index in [1.54, 1.807) is 11.8 Å². The molecule has 1 atom stereocenters. The minimum Gasteiger partial charge on any atom is -0.394 e. The molecule has 2 aromatic rings. The quantitative estimate of drug-likeness (QED) is 0.835. The number of thiazole rings is 1. The maximum Gasteiger partial charge on any atom is 0.112 e. The molecule has 3 N–H and O–H groups in total. The molecule has 0 aliphatic rings. The number of aliphatic hydroxyl groups is 1. The van der Waals surface area contributed by atoms with Crippen LogP contribution in [0.15, 0.2) is 34.5 Å². The Balaban J connectivity index is 2.24. The lowest BCUT2D eigenvalue weighted by Gasteiger charge is -2.02. The molecule has 0 aliphatic heterocycles. The molecule has 0 amide bonds. The van der Waals surface area contributed by atoms with Gasteiger partial charge in [-0.15, -0.1) is 23.1 Å². The Bertz CT molecular complexity index is 482. The van der Waals surface area contributed by atoms with Gasteiger partial charge in [0, 0.05) is 15.8 Å². The molecule has 0 fully saturated rings. The van der Waals surface area contributed by atoms with Crippen LogP contribution in [0.1, 0.15) is 11.0 Å². The van der Waals surface area contributed by atoms with E-state index < -0.39 is 0 Å². The molecule has 0 radical (unpaired) electrons. The second-order valence-electron chi connectivity index (χ2n) is 3.59. The third-order valence-electron chi connectivity index (χ3n) is 2.42. The zero-order chi connectivity index (χ0) is 12.3. The van der Waals surface area contributed by atoms with Gasteiger partial charge < -0.3 is 10.8 Å². The summed E-state index contributed by atoms with van der Waals surface area (Å²) < 4.78 is 0. The number of aliphatic hydroxyl groups excluding tert-OH is 1. The van der Waals surface area contributed by atoms with Crippen LogP contribution in [0, 0.1) is 0 Å². The predicted molar refractivity (Wildman–Crippen MR) is 73.3 cm³/mol. The Labute approximate surface area is 109 Å². The first-order valence-corrected chi connectivity index (χ1v) is 7.31. The number of nitrogens with two attached hydrogens (primary N) is 1. The van der Waals surface area contributed by atoms with Crippen molar-refractivity contribution >= 4 is 23.1 Å². The molecule has 90 valence electrons. The van der Waals surface area contributed by atoms with Crippen LogP contribution in [0.2, 0.25) is 0 Å². The topological polar surface area (TPSA) is 59.1 Å². The molecular weight excluding hydrogens is 252 g/mol. The summed E-state index contributed by atoms with van der Waals surface area (Å²) in [6.07, 6.45) is 2.05. The van der Waals surface area contributed by atoms with Crippen LogP contribution in [-0.4, -0.2) is 23.0 Å². The van der Waals surface area contributed by atoms with Gasteiger partial charge in [0.2, 0.25) is 0 Å². The Kier molecular flexibility index (Phi) is 4.17. The van der Waals surface area contributed by atoms with Gasteiger partial charge in [0.25, 0.3) is 0 Å². The first-order chi connectivity index (χ1) is 8.24. The van der Waals surface area contributed by atoms with E-state index in [4.69, 9.17) is 10.8 Å². The Morgan fingerprint density at radius 2 is 2.12 bits per heavy atom. The minimum atomic E-state index is -0.376. The molecule has 0 spiro atoms. The van der Waals surface area contributed by atoms with Gasteiger partial charge in [0.1, 0.15) is 5.01 Å². The SMILES string of the molecule is CSc1ccc(-c2csc(C(N)CO)n2)cc1. The van der Waals surface area contributed by atoms with E-state index in [0.29, 0.717) is 0 Å². The van der Waals surface area contributed by atoms with E-state index in [1.807, 2.05) is 5.38 Å². The average Bonchev–Trinajstić information content (AvgIpc) is 2.87. The zero-order valence-corrected chi connectivity index (χ0v) is 11.1. The molecule has 1 aromatic carbocycles. The molecule has 1 aromatic heterocycles. The molecule has 0 saturated heterocycles. The summed E-state index contributed by atoms with van der Waals surface area (Å²) in [7, 11) is 0. The van der Waals surface area contributed by atoms with Crippen molar-refractivity contribution in [1.29, 1.82) is 0 Å². The van der Waals surface area contributed by atoms with Crippen LogP contribution in [0.5, 0.6) is 0 Å². The highest BCUT2D eigenvalue weighted by Crippen LogP contribution is 2.26. The number of thioether (sulfide) groups is 1. The van der Waals surface area contributed by atoms with E-state index in [2.05, 4.69) is 35.5 Å². The fourth-order valence-electron chi connectivity index (χ4n) is 1.43. The Morgan fingerprint density at radius 1 is 1.41 bits per heavy atom. The standard InChI is InChI=1S/C12H14N2OS2/c1-16-9-4-2-8(3-5-9)11-7-17-12(14-11)10(13)6-15/h2-5,7,10,15H,6,13H2,1H3. The van der Waals surface area contributed by atoms with Gasteiger partial charge in [-0.2, -0.15) is 0 Å². The minimum absolute atomic E-state index is 0.0711. The molecule has 1 heterocycles. The van der Waals surface area contributed by atoms with E-state index in [-0.39, 0.29) is 12.6 Å². The van der Waals surface area contributed by atoms with Gasteiger partial charge in [-0.25, -0.2) is 4.98 Å². The number of hydrogen-bond acceptors (Lipinski definition) is 5. The monoisotopic (exact) mass is 266 g/mol. The molecule has 3 nitrogen and oxygen atoms in total. The van der Waals surface area contributed by atoms with Crippen molar-refractivity contribution in [2.75, 3.05) is 12.9 Å². The maximum absolute atomic E-state index is 8.98. The molecule has 17 heavy (non-hydrogen) atoms. The molecule has 0 bridgehead atoms. The van der Waals surface area contributed by atoms with E-state index >= 15 is 0 Å². The van der Waals surface area contributed by atoms with Crippen molar-refractivity contribution in [3.8, 4) is 11.3 Å². The fourth-order valence-corrected chi connectivity index (χ4v) is 2.66. The molecule has 5 heteroatoms. The lowest BCUT2D eigenvalue weighted by atomic mass is 10.2. The van der Waals surface area contributed by atoms with Crippen LogP contribution in [-0.2, 0) is 0 Å². The van der Waals surface area contributed by atoms with Gasteiger partial charge in [0.15, 0.2) is 0 Å². The number of nitrogens with zero attached hydrogens (tertiary/aromatic N) is 1. The smallest absolute Gasteiger partial charge is 0.112 e. The molecule has 0 saturated carbocycles. The number of aromatic nitrogens is 1. The molecular formula is C12H14N2OS2. The zero-order valence-electron chi connectivity index (χ0n) is 9.46. The number of rotatable bonds is 4.